The van der Waals surface area contributed by atoms with Crippen LogP contribution in [0.15, 0.2) is 35.9 Å². The zero-order valence-electron chi connectivity index (χ0n) is 15.7. The van der Waals surface area contributed by atoms with Crippen molar-refractivity contribution in [3.63, 3.8) is 0 Å². The highest BCUT2D eigenvalue weighted by molar-refractivity contribution is 6.40. The van der Waals surface area contributed by atoms with Gasteiger partial charge in [0.25, 0.3) is 11.8 Å². The largest absolute Gasteiger partial charge is 0.493 e. The van der Waals surface area contributed by atoms with Gasteiger partial charge in [-0.2, -0.15) is 0 Å². The van der Waals surface area contributed by atoms with Crippen molar-refractivity contribution in [2.24, 2.45) is 0 Å². The maximum absolute atomic E-state index is 13.0. The van der Waals surface area contributed by atoms with Crippen LogP contribution in [0.2, 0.25) is 10.0 Å². The van der Waals surface area contributed by atoms with E-state index in [0.29, 0.717) is 27.6 Å². The van der Waals surface area contributed by atoms with Gasteiger partial charge in [-0.25, -0.2) is 9.69 Å². The summed E-state index contributed by atoms with van der Waals surface area (Å²) in [4.78, 5) is 38.6. The molecule has 9 heteroatoms. The molecule has 0 radical (unpaired) electrons. The fourth-order valence-electron chi connectivity index (χ4n) is 2.85. The number of imide groups is 2. The van der Waals surface area contributed by atoms with E-state index in [-0.39, 0.29) is 16.3 Å². The van der Waals surface area contributed by atoms with Crippen LogP contribution in [0.25, 0.3) is 6.08 Å². The summed E-state index contributed by atoms with van der Waals surface area (Å²) in [6.45, 7) is 1.67. The number of nitrogens with zero attached hydrogens (tertiary/aromatic N) is 1. The van der Waals surface area contributed by atoms with Gasteiger partial charge in [-0.3, -0.25) is 14.9 Å². The Hall–Kier alpha value is -3.03. The lowest BCUT2D eigenvalue weighted by atomic mass is 10.1. The number of anilines is 1. The summed E-state index contributed by atoms with van der Waals surface area (Å²) in [6, 6.07) is 6.98. The van der Waals surface area contributed by atoms with Crippen LogP contribution in [0.4, 0.5) is 10.5 Å². The molecule has 3 rings (SSSR count). The second-order valence-corrected chi connectivity index (χ2v) is 6.88. The highest BCUT2D eigenvalue weighted by atomic mass is 35.5. The number of hydrogen-bond donors (Lipinski definition) is 1. The molecule has 0 atom stereocenters. The number of methoxy groups -OCH3 is 2. The molecule has 0 unspecified atom stereocenters. The first-order valence-corrected chi connectivity index (χ1v) is 9.12. The smallest absolute Gasteiger partial charge is 0.335 e. The highest BCUT2D eigenvalue weighted by Gasteiger charge is 2.37. The standard InChI is InChI=1S/C20H16Cl2N2O5/c1-10-13(21)5-4-6-15(10)24-19(26)12(18(25)23-20(24)27)7-11-8-16(28-2)17(29-3)9-14(11)22/h4-9H,1-3H3,(H,23,25,27)/b12-7+. The molecule has 2 aromatic carbocycles. The summed E-state index contributed by atoms with van der Waals surface area (Å²) >= 11 is 12.4. The zero-order valence-corrected chi connectivity index (χ0v) is 17.2. The molecule has 0 saturated carbocycles. The van der Waals surface area contributed by atoms with Gasteiger partial charge in [0, 0.05) is 11.1 Å². The number of halogens is 2. The molecule has 0 aliphatic carbocycles. The number of carbonyl (C=O) groups is 3. The van der Waals surface area contributed by atoms with Gasteiger partial charge >= 0.3 is 6.03 Å². The van der Waals surface area contributed by atoms with Crippen molar-refractivity contribution in [3.05, 3.63) is 57.1 Å². The molecule has 0 spiro atoms. The van der Waals surface area contributed by atoms with Gasteiger partial charge in [0.1, 0.15) is 5.57 Å². The molecule has 1 aliphatic rings. The first-order chi connectivity index (χ1) is 13.8. The van der Waals surface area contributed by atoms with Crippen molar-refractivity contribution in [1.29, 1.82) is 0 Å². The number of urea groups is 1. The topological polar surface area (TPSA) is 84.9 Å². The molecule has 29 heavy (non-hydrogen) atoms. The predicted molar refractivity (Wildman–Crippen MR) is 110 cm³/mol. The molecular weight excluding hydrogens is 419 g/mol. The number of nitrogens with one attached hydrogen (secondary N) is 1. The van der Waals surface area contributed by atoms with E-state index in [1.807, 2.05) is 0 Å². The lowest BCUT2D eigenvalue weighted by molar-refractivity contribution is -0.122. The third-order valence-electron chi connectivity index (χ3n) is 4.38. The molecule has 150 valence electrons. The van der Waals surface area contributed by atoms with Crippen molar-refractivity contribution >= 4 is 52.8 Å². The van der Waals surface area contributed by atoms with Crippen LogP contribution < -0.4 is 19.7 Å². The van der Waals surface area contributed by atoms with Crippen molar-refractivity contribution in [2.45, 2.75) is 6.92 Å². The second kappa shape index (κ2) is 8.14. The third-order valence-corrected chi connectivity index (χ3v) is 5.12. The second-order valence-electron chi connectivity index (χ2n) is 6.07. The Morgan fingerprint density at radius 1 is 1.00 bits per heavy atom. The van der Waals surface area contributed by atoms with E-state index >= 15 is 0 Å². The molecule has 1 heterocycles. The molecule has 4 amide bonds. The highest BCUT2D eigenvalue weighted by Crippen LogP contribution is 2.35. The molecule has 1 N–H and O–H groups in total. The number of carbonyl (C=O) groups excluding carboxylic acids is 3. The fourth-order valence-corrected chi connectivity index (χ4v) is 3.23. The monoisotopic (exact) mass is 434 g/mol. The Balaban J connectivity index is 2.10. The number of ether oxygens (including phenoxy) is 2. The summed E-state index contributed by atoms with van der Waals surface area (Å²) < 4.78 is 10.4. The molecular formula is C20H16Cl2N2O5. The van der Waals surface area contributed by atoms with Gasteiger partial charge in [0.2, 0.25) is 0 Å². The van der Waals surface area contributed by atoms with Gasteiger partial charge < -0.3 is 9.47 Å². The van der Waals surface area contributed by atoms with Crippen LogP contribution in [0.1, 0.15) is 11.1 Å². The molecule has 0 bridgehead atoms. The number of benzene rings is 2. The first kappa shape index (κ1) is 20.7. The maximum Gasteiger partial charge on any atom is 0.335 e. The van der Waals surface area contributed by atoms with Crippen LogP contribution in [-0.2, 0) is 9.59 Å². The normalized spacial score (nSPS) is 15.6. The zero-order chi connectivity index (χ0) is 21.3. The van der Waals surface area contributed by atoms with Crippen LogP contribution in [0.5, 0.6) is 11.5 Å². The number of amides is 4. The quantitative estimate of drug-likeness (QED) is 0.580. The summed E-state index contributed by atoms with van der Waals surface area (Å²) in [5.74, 6) is -0.867. The predicted octanol–water partition coefficient (Wildman–Crippen LogP) is 3.99. The van der Waals surface area contributed by atoms with Gasteiger partial charge in [0.15, 0.2) is 11.5 Å². The Morgan fingerprint density at radius 3 is 2.31 bits per heavy atom. The minimum Gasteiger partial charge on any atom is -0.493 e. The third kappa shape index (κ3) is 3.79. The SMILES string of the molecule is COc1cc(Cl)c(/C=C2\C(=O)NC(=O)N(c3cccc(Cl)c3C)C2=O)cc1OC. The van der Waals surface area contributed by atoms with Crippen LogP contribution >= 0.6 is 23.2 Å². The van der Waals surface area contributed by atoms with Gasteiger partial charge in [-0.05, 0) is 42.3 Å². The van der Waals surface area contributed by atoms with E-state index in [0.717, 1.165) is 4.90 Å². The Kier molecular flexibility index (Phi) is 5.81. The summed E-state index contributed by atoms with van der Waals surface area (Å²) in [5, 5.41) is 2.78. The summed E-state index contributed by atoms with van der Waals surface area (Å²) in [6.07, 6.45) is 1.29. The van der Waals surface area contributed by atoms with E-state index in [2.05, 4.69) is 5.32 Å². The van der Waals surface area contributed by atoms with Gasteiger partial charge in [-0.15, -0.1) is 0 Å². The van der Waals surface area contributed by atoms with Crippen LogP contribution in [-0.4, -0.2) is 32.1 Å². The number of barbiturate groups is 1. The molecule has 1 aliphatic heterocycles. The van der Waals surface area contributed by atoms with Crippen molar-refractivity contribution < 1.29 is 23.9 Å². The van der Waals surface area contributed by atoms with Crippen LogP contribution in [0.3, 0.4) is 0 Å². The Morgan fingerprint density at radius 2 is 1.66 bits per heavy atom. The molecule has 1 fully saturated rings. The Bertz CT molecular complexity index is 1070. The summed E-state index contributed by atoms with van der Waals surface area (Å²) in [5.41, 5.74) is 0.880. The van der Waals surface area contributed by atoms with E-state index in [4.69, 9.17) is 32.7 Å². The van der Waals surface area contributed by atoms with Crippen molar-refractivity contribution in [2.75, 3.05) is 19.1 Å². The number of rotatable bonds is 4. The average molecular weight is 435 g/mol. The van der Waals surface area contributed by atoms with E-state index in [9.17, 15) is 14.4 Å². The van der Waals surface area contributed by atoms with Crippen molar-refractivity contribution in [3.8, 4) is 11.5 Å². The number of hydrogen-bond acceptors (Lipinski definition) is 5. The Labute approximate surface area is 176 Å². The lowest BCUT2D eigenvalue weighted by Gasteiger charge is -2.27. The maximum atomic E-state index is 13.0. The van der Waals surface area contributed by atoms with Gasteiger partial charge in [0.05, 0.1) is 24.9 Å². The molecule has 7 nitrogen and oxygen atoms in total. The van der Waals surface area contributed by atoms with Crippen LogP contribution in [0, 0.1) is 6.92 Å². The average Bonchev–Trinajstić information content (AvgIpc) is 2.68. The summed E-state index contributed by atoms with van der Waals surface area (Å²) in [7, 11) is 2.91. The van der Waals surface area contributed by atoms with E-state index in [1.165, 1.54) is 32.4 Å². The minimum atomic E-state index is -0.860. The first-order valence-electron chi connectivity index (χ1n) is 8.36. The lowest BCUT2D eigenvalue weighted by Crippen LogP contribution is -2.54. The van der Waals surface area contributed by atoms with Gasteiger partial charge in [-0.1, -0.05) is 29.3 Å². The molecule has 2 aromatic rings. The molecule has 1 saturated heterocycles. The minimum absolute atomic E-state index is 0.234. The van der Waals surface area contributed by atoms with E-state index in [1.54, 1.807) is 25.1 Å². The molecule has 0 aromatic heterocycles. The fraction of sp³-hybridized carbons (Fsp3) is 0.150. The van der Waals surface area contributed by atoms with E-state index < -0.39 is 17.8 Å². The van der Waals surface area contributed by atoms with Crippen molar-refractivity contribution in [1.82, 2.24) is 5.32 Å².